The molecule has 2 aromatic rings. The molecule has 4 heteroatoms. The first-order valence-electron chi connectivity index (χ1n) is 8.98. The summed E-state index contributed by atoms with van der Waals surface area (Å²) >= 11 is 0. The van der Waals surface area contributed by atoms with E-state index in [2.05, 4.69) is 16.7 Å². The van der Waals surface area contributed by atoms with Crippen molar-refractivity contribution in [3.8, 4) is 5.75 Å². The molecule has 3 rings (SSSR count). The van der Waals surface area contributed by atoms with Crippen LogP contribution in [0.2, 0.25) is 0 Å². The summed E-state index contributed by atoms with van der Waals surface area (Å²) in [6, 6.07) is 13.9. The van der Waals surface area contributed by atoms with Crippen molar-refractivity contribution in [1.82, 2.24) is 0 Å². The van der Waals surface area contributed by atoms with Gasteiger partial charge in [0.05, 0.1) is 12.7 Å². The quantitative estimate of drug-likeness (QED) is 0.806. The van der Waals surface area contributed by atoms with Crippen molar-refractivity contribution in [2.45, 2.75) is 45.1 Å². The summed E-state index contributed by atoms with van der Waals surface area (Å²) in [7, 11) is 1.63. The van der Waals surface area contributed by atoms with E-state index in [4.69, 9.17) is 4.74 Å². The summed E-state index contributed by atoms with van der Waals surface area (Å²) in [5.41, 5.74) is 3.45. The Labute approximate surface area is 149 Å². The van der Waals surface area contributed by atoms with E-state index in [0.29, 0.717) is 11.6 Å². The third kappa shape index (κ3) is 4.53. The normalized spacial score (nSPS) is 14.8. The third-order valence-electron chi connectivity index (χ3n) is 4.73. The van der Waals surface area contributed by atoms with Gasteiger partial charge in [0.1, 0.15) is 5.75 Å². The molecule has 4 nitrogen and oxygen atoms in total. The van der Waals surface area contributed by atoms with Crippen LogP contribution in [0.1, 0.15) is 48.0 Å². The van der Waals surface area contributed by atoms with Crippen LogP contribution in [0.15, 0.2) is 42.5 Å². The first kappa shape index (κ1) is 17.3. The van der Waals surface area contributed by atoms with E-state index in [0.717, 1.165) is 22.7 Å². The molecule has 1 aliphatic carbocycles. The van der Waals surface area contributed by atoms with Crippen LogP contribution >= 0.6 is 0 Å². The average Bonchev–Trinajstić information content (AvgIpc) is 2.64. The van der Waals surface area contributed by atoms with E-state index in [1.807, 2.05) is 43.3 Å². The van der Waals surface area contributed by atoms with Gasteiger partial charge in [-0.3, -0.25) is 4.79 Å². The molecule has 1 fully saturated rings. The molecular weight excluding hydrogens is 312 g/mol. The van der Waals surface area contributed by atoms with Crippen LogP contribution in [-0.2, 0) is 0 Å². The zero-order chi connectivity index (χ0) is 17.6. The Balaban J connectivity index is 1.76. The Kier molecular flexibility index (Phi) is 5.59. The van der Waals surface area contributed by atoms with Crippen LogP contribution in [0.3, 0.4) is 0 Å². The first-order chi connectivity index (χ1) is 12.2. The van der Waals surface area contributed by atoms with E-state index < -0.39 is 0 Å². The van der Waals surface area contributed by atoms with Crippen molar-refractivity contribution in [2.24, 2.45) is 0 Å². The minimum atomic E-state index is -0.0906. The number of hydrogen-bond acceptors (Lipinski definition) is 3. The molecule has 0 spiro atoms. The smallest absolute Gasteiger partial charge is 0.257 e. The van der Waals surface area contributed by atoms with Crippen molar-refractivity contribution in [1.29, 1.82) is 0 Å². The predicted molar refractivity (Wildman–Crippen MR) is 103 cm³/mol. The minimum absolute atomic E-state index is 0.0906. The number of rotatable bonds is 5. The van der Waals surface area contributed by atoms with Gasteiger partial charge in [0.15, 0.2) is 0 Å². The molecule has 132 valence electrons. The molecule has 1 amide bonds. The number of amides is 1. The fourth-order valence-corrected chi connectivity index (χ4v) is 3.31. The second-order valence-corrected chi connectivity index (χ2v) is 6.71. The zero-order valence-corrected chi connectivity index (χ0v) is 15.0. The summed E-state index contributed by atoms with van der Waals surface area (Å²) < 4.78 is 5.16. The molecule has 0 saturated heterocycles. The number of hydrogen-bond donors (Lipinski definition) is 2. The van der Waals surface area contributed by atoms with E-state index in [9.17, 15) is 4.79 Å². The largest absolute Gasteiger partial charge is 0.497 e. The van der Waals surface area contributed by atoms with Gasteiger partial charge in [-0.15, -0.1) is 0 Å². The molecule has 0 bridgehead atoms. The van der Waals surface area contributed by atoms with Crippen LogP contribution in [0.25, 0.3) is 0 Å². The highest BCUT2D eigenvalue weighted by Crippen LogP contribution is 2.25. The van der Waals surface area contributed by atoms with Gasteiger partial charge in [0, 0.05) is 17.4 Å². The molecule has 0 heterocycles. The SMILES string of the molecule is COc1ccc(NC(=O)c2cc(C)ccc2NC2CCCCC2)cc1. The molecule has 2 aromatic carbocycles. The van der Waals surface area contributed by atoms with Gasteiger partial charge in [-0.2, -0.15) is 0 Å². The maximum Gasteiger partial charge on any atom is 0.257 e. The summed E-state index contributed by atoms with van der Waals surface area (Å²) in [6.45, 7) is 2.01. The lowest BCUT2D eigenvalue weighted by Crippen LogP contribution is -2.24. The van der Waals surface area contributed by atoms with Crippen molar-refractivity contribution < 1.29 is 9.53 Å². The minimum Gasteiger partial charge on any atom is -0.497 e. The average molecular weight is 338 g/mol. The number of ether oxygens (including phenoxy) is 1. The molecule has 2 N–H and O–H groups in total. The van der Waals surface area contributed by atoms with Gasteiger partial charge < -0.3 is 15.4 Å². The Morgan fingerprint density at radius 2 is 1.76 bits per heavy atom. The molecule has 1 saturated carbocycles. The lowest BCUT2D eigenvalue weighted by atomic mass is 9.95. The van der Waals surface area contributed by atoms with Gasteiger partial charge in [-0.05, 0) is 56.2 Å². The molecular formula is C21H26N2O2. The van der Waals surface area contributed by atoms with E-state index in [1.165, 1.54) is 32.1 Å². The van der Waals surface area contributed by atoms with Gasteiger partial charge in [-0.1, -0.05) is 30.9 Å². The number of carbonyl (C=O) groups excluding carboxylic acids is 1. The number of aryl methyl sites for hydroxylation is 1. The van der Waals surface area contributed by atoms with Crippen molar-refractivity contribution >= 4 is 17.3 Å². The molecule has 0 aromatic heterocycles. The van der Waals surface area contributed by atoms with Gasteiger partial charge in [0.25, 0.3) is 5.91 Å². The number of methoxy groups -OCH3 is 1. The monoisotopic (exact) mass is 338 g/mol. The number of benzene rings is 2. The first-order valence-corrected chi connectivity index (χ1v) is 8.98. The number of anilines is 2. The highest BCUT2D eigenvalue weighted by molar-refractivity contribution is 6.08. The van der Waals surface area contributed by atoms with Crippen molar-refractivity contribution in [2.75, 3.05) is 17.7 Å². The molecule has 1 aliphatic rings. The topological polar surface area (TPSA) is 50.4 Å². The van der Waals surface area contributed by atoms with Gasteiger partial charge in [-0.25, -0.2) is 0 Å². The van der Waals surface area contributed by atoms with Crippen LogP contribution in [0.4, 0.5) is 11.4 Å². The molecule has 0 radical (unpaired) electrons. The Morgan fingerprint density at radius 1 is 1.04 bits per heavy atom. The summed E-state index contributed by atoms with van der Waals surface area (Å²) in [6.07, 6.45) is 6.19. The summed E-state index contributed by atoms with van der Waals surface area (Å²) in [4.78, 5) is 12.8. The number of carbonyl (C=O) groups is 1. The molecule has 0 aliphatic heterocycles. The Morgan fingerprint density at radius 3 is 2.44 bits per heavy atom. The maximum atomic E-state index is 12.8. The predicted octanol–water partition coefficient (Wildman–Crippen LogP) is 5.00. The third-order valence-corrected chi connectivity index (χ3v) is 4.73. The van der Waals surface area contributed by atoms with Crippen LogP contribution in [-0.4, -0.2) is 19.1 Å². The zero-order valence-electron chi connectivity index (χ0n) is 15.0. The van der Waals surface area contributed by atoms with E-state index in [-0.39, 0.29) is 5.91 Å². The lowest BCUT2D eigenvalue weighted by Gasteiger charge is -2.25. The second kappa shape index (κ2) is 8.06. The standard InChI is InChI=1S/C21H26N2O2/c1-15-8-13-20(22-16-6-4-3-5-7-16)19(14-15)21(24)23-17-9-11-18(25-2)12-10-17/h8-14,16,22H,3-7H2,1-2H3,(H,23,24). The van der Waals surface area contributed by atoms with Crippen LogP contribution in [0.5, 0.6) is 5.75 Å². The summed E-state index contributed by atoms with van der Waals surface area (Å²) in [5.74, 6) is 0.681. The van der Waals surface area contributed by atoms with E-state index in [1.54, 1.807) is 7.11 Å². The maximum absolute atomic E-state index is 12.8. The Hall–Kier alpha value is -2.49. The lowest BCUT2D eigenvalue weighted by molar-refractivity contribution is 0.102. The van der Waals surface area contributed by atoms with Gasteiger partial charge >= 0.3 is 0 Å². The highest BCUT2D eigenvalue weighted by atomic mass is 16.5. The van der Waals surface area contributed by atoms with Crippen LogP contribution in [0, 0.1) is 6.92 Å². The highest BCUT2D eigenvalue weighted by Gasteiger charge is 2.17. The summed E-state index contributed by atoms with van der Waals surface area (Å²) in [5, 5.41) is 6.56. The fraction of sp³-hybridized carbons (Fsp3) is 0.381. The molecule has 25 heavy (non-hydrogen) atoms. The van der Waals surface area contributed by atoms with Crippen molar-refractivity contribution in [3.05, 3.63) is 53.6 Å². The van der Waals surface area contributed by atoms with E-state index >= 15 is 0 Å². The number of nitrogens with one attached hydrogen (secondary N) is 2. The van der Waals surface area contributed by atoms with Gasteiger partial charge in [0.2, 0.25) is 0 Å². The fourth-order valence-electron chi connectivity index (χ4n) is 3.31. The Bertz CT molecular complexity index is 719. The van der Waals surface area contributed by atoms with Crippen LogP contribution < -0.4 is 15.4 Å². The molecule has 0 atom stereocenters. The second-order valence-electron chi connectivity index (χ2n) is 6.71. The molecule has 0 unspecified atom stereocenters. The van der Waals surface area contributed by atoms with Crippen molar-refractivity contribution in [3.63, 3.8) is 0 Å².